The average molecular weight is 279 g/mol. The van der Waals surface area contributed by atoms with Gasteiger partial charge in [0.2, 0.25) is 5.91 Å². The molecule has 2 N–H and O–H groups in total. The van der Waals surface area contributed by atoms with Crippen LogP contribution in [0.2, 0.25) is 0 Å². The summed E-state index contributed by atoms with van der Waals surface area (Å²) in [5.74, 6) is 1.93. The van der Waals surface area contributed by atoms with Crippen molar-refractivity contribution in [1.82, 2.24) is 5.32 Å². The molecule has 5 aliphatic rings. The molecule has 0 aromatic carbocycles. The molecule has 5 rings (SSSR count). The normalized spacial score (nSPS) is 45.9. The van der Waals surface area contributed by atoms with Crippen LogP contribution in [-0.4, -0.2) is 33.2 Å². The standard InChI is InChI=1S/C13H17N3O2S/c17-10-6-19-12(14-10)16-15-11-8-1-7-2-9(11)5-13(18,3-7)4-8/h7-9,18H,1-6H2,(H,14,16,17)/t7?,8-,9-,13?/m0/s1. The molecule has 1 aliphatic heterocycles. The minimum Gasteiger partial charge on any atom is -0.390 e. The number of carbonyl (C=O) groups is 1. The zero-order valence-electron chi connectivity index (χ0n) is 10.6. The fourth-order valence-corrected chi connectivity index (χ4v) is 4.99. The highest BCUT2D eigenvalue weighted by Gasteiger charge is 2.53. The number of thioether (sulfide) groups is 1. The van der Waals surface area contributed by atoms with Crippen LogP contribution in [0.25, 0.3) is 0 Å². The van der Waals surface area contributed by atoms with E-state index in [4.69, 9.17) is 0 Å². The summed E-state index contributed by atoms with van der Waals surface area (Å²) in [6.07, 6.45) is 4.99. The van der Waals surface area contributed by atoms with E-state index in [0.717, 1.165) is 37.8 Å². The lowest BCUT2D eigenvalue weighted by Gasteiger charge is -2.54. The highest BCUT2D eigenvalue weighted by atomic mass is 32.2. The molecule has 0 spiro atoms. The van der Waals surface area contributed by atoms with Crippen molar-refractivity contribution in [1.29, 1.82) is 0 Å². The molecule has 1 amide bonds. The molecule has 19 heavy (non-hydrogen) atoms. The maximum absolute atomic E-state index is 11.1. The lowest BCUT2D eigenvalue weighted by Crippen LogP contribution is -2.55. The number of hydrogen-bond acceptors (Lipinski definition) is 5. The second kappa shape index (κ2) is 4.06. The molecule has 5 fully saturated rings. The fraction of sp³-hybridized carbons (Fsp3) is 0.769. The molecule has 102 valence electrons. The Hall–Kier alpha value is -0.880. The van der Waals surface area contributed by atoms with E-state index in [2.05, 4.69) is 15.5 Å². The summed E-state index contributed by atoms with van der Waals surface area (Å²) in [5.41, 5.74) is 0.730. The molecule has 0 unspecified atom stereocenters. The summed E-state index contributed by atoms with van der Waals surface area (Å²) in [6, 6.07) is 0. The van der Waals surface area contributed by atoms with Crippen molar-refractivity contribution in [3.63, 3.8) is 0 Å². The third kappa shape index (κ3) is 2.01. The Morgan fingerprint density at radius 2 is 1.95 bits per heavy atom. The summed E-state index contributed by atoms with van der Waals surface area (Å²) in [6.45, 7) is 0. The number of nitrogens with zero attached hydrogens (tertiary/aromatic N) is 2. The Labute approximate surface area is 115 Å². The van der Waals surface area contributed by atoms with Crippen LogP contribution in [-0.2, 0) is 4.79 Å². The van der Waals surface area contributed by atoms with Gasteiger partial charge in [-0.15, -0.1) is 5.10 Å². The van der Waals surface area contributed by atoms with E-state index < -0.39 is 5.60 Å². The first-order chi connectivity index (χ1) is 9.11. The molecule has 0 aromatic heterocycles. The van der Waals surface area contributed by atoms with Gasteiger partial charge in [-0.3, -0.25) is 4.79 Å². The minimum atomic E-state index is -0.432. The first kappa shape index (κ1) is 11.9. The molecular weight excluding hydrogens is 262 g/mol. The molecule has 5 nitrogen and oxygen atoms in total. The van der Waals surface area contributed by atoms with Crippen molar-refractivity contribution in [2.75, 3.05) is 5.75 Å². The molecule has 2 atom stereocenters. The van der Waals surface area contributed by atoms with Crippen LogP contribution < -0.4 is 5.32 Å². The molecule has 0 radical (unpaired) electrons. The molecule has 1 heterocycles. The van der Waals surface area contributed by atoms with Gasteiger partial charge in [-0.05, 0) is 38.0 Å². The van der Waals surface area contributed by atoms with Crippen molar-refractivity contribution < 1.29 is 9.90 Å². The lowest BCUT2D eigenvalue weighted by atomic mass is 9.53. The Morgan fingerprint density at radius 3 is 2.53 bits per heavy atom. The summed E-state index contributed by atoms with van der Waals surface area (Å²) in [4.78, 5) is 11.1. The highest BCUT2D eigenvalue weighted by Crippen LogP contribution is 2.54. The molecule has 0 aromatic rings. The van der Waals surface area contributed by atoms with E-state index >= 15 is 0 Å². The van der Waals surface area contributed by atoms with Crippen LogP contribution in [0.4, 0.5) is 0 Å². The van der Waals surface area contributed by atoms with Crippen molar-refractivity contribution in [2.24, 2.45) is 28.0 Å². The predicted octanol–water partition coefficient (Wildman–Crippen LogP) is 1.13. The summed E-state index contributed by atoms with van der Waals surface area (Å²) in [5, 5.41) is 22.4. The van der Waals surface area contributed by atoms with Crippen molar-refractivity contribution in [2.45, 2.75) is 37.7 Å². The van der Waals surface area contributed by atoms with E-state index in [0.29, 0.717) is 28.7 Å². The largest absolute Gasteiger partial charge is 0.390 e. The second-order valence-electron chi connectivity index (χ2n) is 6.33. The molecule has 6 heteroatoms. The Kier molecular flexibility index (Phi) is 2.54. The van der Waals surface area contributed by atoms with Crippen LogP contribution >= 0.6 is 11.8 Å². The third-order valence-corrected chi connectivity index (χ3v) is 5.70. The van der Waals surface area contributed by atoms with Gasteiger partial charge in [0, 0.05) is 17.5 Å². The lowest BCUT2D eigenvalue weighted by molar-refractivity contribution is -0.116. The number of aliphatic hydroxyl groups is 1. The maximum atomic E-state index is 11.1. The van der Waals surface area contributed by atoms with Gasteiger partial charge in [-0.1, -0.05) is 11.8 Å². The topological polar surface area (TPSA) is 74.0 Å². The van der Waals surface area contributed by atoms with Gasteiger partial charge in [0.25, 0.3) is 0 Å². The van der Waals surface area contributed by atoms with Gasteiger partial charge >= 0.3 is 0 Å². The number of carbonyl (C=O) groups excluding carboxylic acids is 1. The summed E-state index contributed by atoms with van der Waals surface area (Å²) >= 11 is 1.41. The van der Waals surface area contributed by atoms with Gasteiger partial charge in [0.15, 0.2) is 5.17 Å². The van der Waals surface area contributed by atoms with E-state index in [9.17, 15) is 9.90 Å². The van der Waals surface area contributed by atoms with Gasteiger partial charge in [-0.25, -0.2) is 0 Å². The van der Waals surface area contributed by atoms with Crippen LogP contribution in [0.1, 0.15) is 32.1 Å². The van der Waals surface area contributed by atoms with E-state index in [-0.39, 0.29) is 5.91 Å². The number of nitrogens with one attached hydrogen (secondary N) is 1. The monoisotopic (exact) mass is 279 g/mol. The van der Waals surface area contributed by atoms with E-state index in [1.54, 1.807) is 0 Å². The minimum absolute atomic E-state index is 0.00310. The number of rotatable bonds is 1. The van der Waals surface area contributed by atoms with Crippen LogP contribution in [0.3, 0.4) is 0 Å². The van der Waals surface area contributed by atoms with Gasteiger partial charge in [0.05, 0.1) is 11.4 Å². The first-order valence-corrected chi connectivity index (χ1v) is 7.90. The fourth-order valence-electron chi connectivity index (χ4n) is 4.37. The smallest absolute Gasteiger partial charge is 0.236 e. The van der Waals surface area contributed by atoms with Gasteiger partial charge in [-0.2, -0.15) is 5.10 Å². The molecule has 4 bridgehead atoms. The van der Waals surface area contributed by atoms with Crippen LogP contribution in [0.5, 0.6) is 0 Å². The first-order valence-electron chi connectivity index (χ1n) is 6.92. The van der Waals surface area contributed by atoms with Crippen LogP contribution in [0, 0.1) is 17.8 Å². The Bertz CT molecular complexity index is 484. The van der Waals surface area contributed by atoms with Crippen molar-refractivity contribution in [3.8, 4) is 0 Å². The van der Waals surface area contributed by atoms with Crippen molar-refractivity contribution in [3.05, 3.63) is 0 Å². The maximum Gasteiger partial charge on any atom is 0.236 e. The SMILES string of the molecule is O=C1CS/C(=N/N=C2[C@H]3CC4C[C@H]2CC(O)(C4)C3)N1. The highest BCUT2D eigenvalue weighted by molar-refractivity contribution is 8.15. The number of amidine groups is 1. The Morgan fingerprint density at radius 1 is 1.21 bits per heavy atom. The van der Waals surface area contributed by atoms with Gasteiger partial charge < -0.3 is 10.4 Å². The zero-order valence-corrected chi connectivity index (χ0v) is 11.4. The van der Waals surface area contributed by atoms with E-state index in [1.807, 2.05) is 0 Å². The average Bonchev–Trinajstić information content (AvgIpc) is 2.72. The predicted molar refractivity (Wildman–Crippen MR) is 74.0 cm³/mol. The third-order valence-electron chi connectivity index (χ3n) is 4.84. The van der Waals surface area contributed by atoms with Gasteiger partial charge in [0.1, 0.15) is 0 Å². The molecule has 4 saturated carbocycles. The molecule has 4 aliphatic carbocycles. The quantitative estimate of drug-likeness (QED) is 0.707. The summed E-state index contributed by atoms with van der Waals surface area (Å²) < 4.78 is 0. The number of hydrogen-bond donors (Lipinski definition) is 2. The Balaban J connectivity index is 1.58. The van der Waals surface area contributed by atoms with Crippen molar-refractivity contribution >= 4 is 28.5 Å². The van der Waals surface area contributed by atoms with E-state index in [1.165, 1.54) is 11.8 Å². The molecular formula is C13H17N3O2S. The number of amides is 1. The second-order valence-corrected chi connectivity index (χ2v) is 7.30. The van der Waals surface area contributed by atoms with Crippen LogP contribution in [0.15, 0.2) is 10.2 Å². The summed E-state index contributed by atoms with van der Waals surface area (Å²) in [7, 11) is 0. The molecule has 1 saturated heterocycles. The zero-order chi connectivity index (χ0) is 13.0.